The molecule has 0 unspecified atom stereocenters. The lowest BCUT2D eigenvalue weighted by atomic mass is 10.2. The molecule has 1 heterocycles. The Labute approximate surface area is 116 Å². The van der Waals surface area contributed by atoms with E-state index in [1.807, 2.05) is 0 Å². The van der Waals surface area contributed by atoms with Crippen LogP contribution < -0.4 is 9.86 Å². The van der Waals surface area contributed by atoms with Crippen LogP contribution in [0.2, 0.25) is 0 Å². The monoisotopic (exact) mass is 315 g/mol. The Bertz CT molecular complexity index is 826. The summed E-state index contributed by atoms with van der Waals surface area (Å²) in [5, 5.41) is 6.02. The van der Waals surface area contributed by atoms with Crippen LogP contribution in [0.4, 0.5) is 0 Å². The highest BCUT2D eigenvalue weighted by atomic mass is 32.2. The van der Waals surface area contributed by atoms with Gasteiger partial charge >= 0.3 is 0 Å². The van der Waals surface area contributed by atoms with Crippen LogP contribution in [0.1, 0.15) is 0 Å². The molecule has 0 spiro atoms. The van der Waals surface area contributed by atoms with E-state index in [2.05, 4.69) is 9.71 Å². The number of primary sulfonamides is 1. The van der Waals surface area contributed by atoms with Crippen LogP contribution in [0.15, 0.2) is 41.6 Å². The van der Waals surface area contributed by atoms with Gasteiger partial charge in [-0.1, -0.05) is 12.1 Å². The zero-order chi connectivity index (χ0) is 14.8. The Morgan fingerprint density at radius 3 is 2.60 bits per heavy atom. The van der Waals surface area contributed by atoms with Crippen LogP contribution in [0, 0.1) is 0 Å². The molecule has 0 radical (unpaired) electrons. The summed E-state index contributed by atoms with van der Waals surface area (Å²) in [5.41, 5.74) is 0. The highest BCUT2D eigenvalue weighted by molar-refractivity contribution is 7.90. The van der Waals surface area contributed by atoms with E-state index in [1.54, 1.807) is 24.4 Å². The van der Waals surface area contributed by atoms with Gasteiger partial charge in [0.2, 0.25) is 20.0 Å². The van der Waals surface area contributed by atoms with Crippen molar-refractivity contribution >= 4 is 30.8 Å². The van der Waals surface area contributed by atoms with Gasteiger partial charge in [0.05, 0.1) is 10.6 Å². The van der Waals surface area contributed by atoms with Crippen LogP contribution >= 0.6 is 0 Å². The first-order valence-corrected chi connectivity index (χ1v) is 8.82. The van der Waals surface area contributed by atoms with E-state index < -0.39 is 25.8 Å². The first kappa shape index (κ1) is 14.9. The van der Waals surface area contributed by atoms with Crippen molar-refractivity contribution in [3.8, 4) is 0 Å². The summed E-state index contributed by atoms with van der Waals surface area (Å²) in [6.45, 7) is -0.275. The highest BCUT2D eigenvalue weighted by Crippen LogP contribution is 2.21. The number of nitrogens with one attached hydrogen (secondary N) is 1. The second-order valence-corrected chi connectivity index (χ2v) is 7.59. The molecule has 2 rings (SSSR count). The molecule has 0 saturated carbocycles. The number of sulfonamides is 2. The molecule has 0 bridgehead atoms. The van der Waals surface area contributed by atoms with E-state index in [4.69, 9.17) is 5.14 Å². The lowest BCUT2D eigenvalue weighted by molar-refractivity contribution is 0.582. The minimum absolute atomic E-state index is 0.0758. The first-order chi connectivity index (χ1) is 9.30. The van der Waals surface area contributed by atoms with Crippen molar-refractivity contribution in [2.75, 3.05) is 12.3 Å². The van der Waals surface area contributed by atoms with E-state index in [-0.39, 0.29) is 11.4 Å². The van der Waals surface area contributed by atoms with Gasteiger partial charge in [0.15, 0.2) is 0 Å². The van der Waals surface area contributed by atoms with Crippen molar-refractivity contribution in [1.82, 2.24) is 9.71 Å². The maximum absolute atomic E-state index is 12.2. The maximum atomic E-state index is 12.2. The van der Waals surface area contributed by atoms with Crippen LogP contribution in [0.25, 0.3) is 10.8 Å². The fourth-order valence-corrected chi connectivity index (χ4v) is 3.50. The van der Waals surface area contributed by atoms with Gasteiger partial charge in [-0.05, 0) is 12.1 Å². The van der Waals surface area contributed by atoms with Gasteiger partial charge in [-0.25, -0.2) is 26.7 Å². The summed E-state index contributed by atoms with van der Waals surface area (Å²) in [6.07, 6.45) is 3.05. The second-order valence-electron chi connectivity index (χ2n) is 4.12. The number of benzene rings is 1. The Morgan fingerprint density at radius 2 is 1.90 bits per heavy atom. The maximum Gasteiger partial charge on any atom is 0.241 e. The van der Waals surface area contributed by atoms with Crippen molar-refractivity contribution < 1.29 is 16.8 Å². The summed E-state index contributed by atoms with van der Waals surface area (Å²) >= 11 is 0. The molecular weight excluding hydrogens is 302 g/mol. The summed E-state index contributed by atoms with van der Waals surface area (Å²) in [7, 11) is -7.52. The molecule has 108 valence electrons. The molecule has 0 aliphatic rings. The molecule has 3 N–H and O–H groups in total. The second kappa shape index (κ2) is 5.44. The fourth-order valence-electron chi connectivity index (χ4n) is 1.72. The minimum atomic E-state index is -3.81. The Kier molecular flexibility index (Phi) is 4.04. The van der Waals surface area contributed by atoms with Crippen LogP contribution in [-0.2, 0) is 20.0 Å². The molecule has 9 heteroatoms. The van der Waals surface area contributed by atoms with Crippen molar-refractivity contribution in [3.63, 3.8) is 0 Å². The normalized spacial score (nSPS) is 12.7. The molecule has 2 aromatic rings. The third-order valence-electron chi connectivity index (χ3n) is 2.61. The van der Waals surface area contributed by atoms with E-state index in [9.17, 15) is 16.8 Å². The van der Waals surface area contributed by atoms with E-state index >= 15 is 0 Å². The molecule has 0 atom stereocenters. The third-order valence-corrected chi connectivity index (χ3v) is 4.90. The Morgan fingerprint density at radius 1 is 1.15 bits per heavy atom. The summed E-state index contributed by atoms with van der Waals surface area (Å²) in [6, 6.07) is 6.37. The predicted molar refractivity (Wildman–Crippen MR) is 74.9 cm³/mol. The quantitative estimate of drug-likeness (QED) is 0.792. The van der Waals surface area contributed by atoms with Gasteiger partial charge in [0.25, 0.3) is 0 Å². The summed E-state index contributed by atoms with van der Waals surface area (Å²) < 4.78 is 48.1. The summed E-state index contributed by atoms with van der Waals surface area (Å²) in [5.74, 6) is -0.460. The lowest BCUT2D eigenvalue weighted by Crippen LogP contribution is -2.31. The van der Waals surface area contributed by atoms with Gasteiger partial charge in [0, 0.05) is 29.7 Å². The first-order valence-electron chi connectivity index (χ1n) is 5.62. The molecule has 1 aromatic heterocycles. The van der Waals surface area contributed by atoms with Crippen LogP contribution in [-0.4, -0.2) is 34.1 Å². The number of fused-ring (bicyclic) bond motifs is 1. The number of rotatable bonds is 5. The average Bonchev–Trinajstić information content (AvgIpc) is 2.36. The number of pyridine rings is 1. The van der Waals surface area contributed by atoms with Gasteiger partial charge in [0.1, 0.15) is 0 Å². The van der Waals surface area contributed by atoms with Crippen molar-refractivity contribution in [2.24, 2.45) is 5.14 Å². The van der Waals surface area contributed by atoms with E-state index in [1.165, 1.54) is 12.3 Å². The molecule has 0 aliphatic carbocycles. The van der Waals surface area contributed by atoms with Gasteiger partial charge in [-0.3, -0.25) is 4.98 Å². The average molecular weight is 315 g/mol. The SMILES string of the molecule is NS(=O)(=O)CCNS(=O)(=O)c1cccc2cnccc12. The van der Waals surface area contributed by atoms with Crippen LogP contribution in [0.3, 0.4) is 0 Å². The van der Waals surface area contributed by atoms with Crippen molar-refractivity contribution in [1.29, 1.82) is 0 Å². The molecule has 0 aliphatic heterocycles. The molecule has 0 fully saturated rings. The van der Waals surface area contributed by atoms with Gasteiger partial charge in [-0.2, -0.15) is 0 Å². The van der Waals surface area contributed by atoms with E-state index in [0.717, 1.165) is 0 Å². The Balaban J connectivity index is 2.33. The molecule has 20 heavy (non-hydrogen) atoms. The minimum Gasteiger partial charge on any atom is -0.264 e. The predicted octanol–water partition coefficient (Wildman–Crippen LogP) is -0.198. The van der Waals surface area contributed by atoms with Crippen molar-refractivity contribution in [2.45, 2.75) is 4.90 Å². The standard InChI is InChI=1S/C11H13N3O4S2/c12-19(15,16)7-6-14-20(17,18)11-3-1-2-9-8-13-5-4-10(9)11/h1-5,8,14H,6-7H2,(H2,12,15,16). The zero-order valence-electron chi connectivity index (χ0n) is 10.4. The van der Waals surface area contributed by atoms with Gasteiger partial charge < -0.3 is 0 Å². The summed E-state index contributed by atoms with van der Waals surface area (Å²) in [4.78, 5) is 4.00. The number of hydrogen-bond acceptors (Lipinski definition) is 5. The topological polar surface area (TPSA) is 119 Å². The molecule has 7 nitrogen and oxygen atoms in total. The van der Waals surface area contributed by atoms with E-state index in [0.29, 0.717) is 10.8 Å². The lowest BCUT2D eigenvalue weighted by Gasteiger charge is -2.08. The zero-order valence-corrected chi connectivity index (χ0v) is 12.0. The molecule has 0 saturated heterocycles. The molecule has 1 aromatic carbocycles. The fraction of sp³-hybridized carbons (Fsp3) is 0.182. The highest BCUT2D eigenvalue weighted by Gasteiger charge is 2.17. The largest absolute Gasteiger partial charge is 0.264 e. The number of nitrogens with two attached hydrogens (primary N) is 1. The number of aromatic nitrogens is 1. The van der Waals surface area contributed by atoms with Gasteiger partial charge in [-0.15, -0.1) is 0 Å². The Hall–Kier alpha value is -1.55. The molecule has 0 amide bonds. The number of hydrogen-bond donors (Lipinski definition) is 2. The molecular formula is C11H13N3O4S2. The third kappa shape index (κ3) is 3.51. The number of nitrogens with zero attached hydrogens (tertiary/aromatic N) is 1. The smallest absolute Gasteiger partial charge is 0.241 e. The van der Waals surface area contributed by atoms with Crippen molar-refractivity contribution in [3.05, 3.63) is 36.7 Å². The van der Waals surface area contributed by atoms with Crippen LogP contribution in [0.5, 0.6) is 0 Å².